The molecule has 0 unspecified atom stereocenters. The molecule has 0 saturated heterocycles. The molecule has 21 heavy (non-hydrogen) atoms. The van der Waals surface area contributed by atoms with E-state index in [-0.39, 0.29) is 18.4 Å². The van der Waals surface area contributed by atoms with E-state index in [0.29, 0.717) is 17.1 Å². The van der Waals surface area contributed by atoms with Crippen molar-refractivity contribution < 1.29 is 14.3 Å². The van der Waals surface area contributed by atoms with E-state index >= 15 is 0 Å². The van der Waals surface area contributed by atoms with Gasteiger partial charge in [0.2, 0.25) is 5.91 Å². The Labute approximate surface area is 130 Å². The van der Waals surface area contributed by atoms with Crippen LogP contribution < -0.4 is 10.6 Å². The van der Waals surface area contributed by atoms with Crippen LogP contribution in [0, 0.1) is 0 Å². The molecule has 0 heterocycles. The van der Waals surface area contributed by atoms with Gasteiger partial charge in [-0.25, -0.2) is 0 Å². The number of ether oxygens (including phenoxy) is 1. The van der Waals surface area contributed by atoms with Gasteiger partial charge in [-0.2, -0.15) is 0 Å². The molecule has 0 aliphatic rings. The van der Waals surface area contributed by atoms with Crippen molar-refractivity contribution in [3.05, 3.63) is 29.3 Å². The van der Waals surface area contributed by atoms with Crippen LogP contribution in [0.25, 0.3) is 0 Å². The van der Waals surface area contributed by atoms with Gasteiger partial charge in [0.1, 0.15) is 5.54 Å². The van der Waals surface area contributed by atoms with Gasteiger partial charge < -0.3 is 10.1 Å². The first-order valence-corrected chi connectivity index (χ1v) is 7.18. The molecule has 0 aliphatic heterocycles. The Morgan fingerprint density at radius 1 is 1.33 bits per heavy atom. The number of benzene rings is 1. The molecule has 1 atom stereocenters. The number of hydrogen-bond acceptors (Lipinski definition) is 4. The second-order valence-electron chi connectivity index (χ2n) is 4.96. The molecule has 116 valence electrons. The summed E-state index contributed by atoms with van der Waals surface area (Å²) >= 11 is 5.97. The van der Waals surface area contributed by atoms with Crippen molar-refractivity contribution in [1.29, 1.82) is 0 Å². The zero-order valence-electron chi connectivity index (χ0n) is 12.5. The normalized spacial score (nSPS) is 13.3. The molecule has 0 radical (unpaired) electrons. The van der Waals surface area contributed by atoms with E-state index in [9.17, 15) is 9.59 Å². The van der Waals surface area contributed by atoms with Crippen molar-refractivity contribution in [2.75, 3.05) is 19.0 Å². The quantitative estimate of drug-likeness (QED) is 0.759. The Hall–Kier alpha value is -1.59. The summed E-state index contributed by atoms with van der Waals surface area (Å²) in [5.74, 6) is -0.649. The average Bonchev–Trinajstić information content (AvgIpc) is 2.47. The number of anilines is 1. The standard InChI is InChI=1S/C15H21ClN2O3/c1-4-9-15(2,14(20)21-3)17-10-13(19)18-12-8-6-5-7-11(12)16/h5-8,17H,4,9-10H2,1-3H3,(H,18,19)/t15-/m1/s1. The summed E-state index contributed by atoms with van der Waals surface area (Å²) < 4.78 is 4.78. The second kappa shape index (κ2) is 8.00. The third-order valence-corrected chi connectivity index (χ3v) is 3.50. The van der Waals surface area contributed by atoms with Gasteiger partial charge in [-0.1, -0.05) is 37.1 Å². The molecule has 0 aromatic heterocycles. The number of carbonyl (C=O) groups is 2. The van der Waals surface area contributed by atoms with Crippen LogP contribution in [0.15, 0.2) is 24.3 Å². The summed E-state index contributed by atoms with van der Waals surface area (Å²) in [6.07, 6.45) is 1.38. The fraction of sp³-hybridized carbons (Fsp3) is 0.467. The predicted octanol–water partition coefficient (Wildman–Crippen LogP) is 2.60. The Kier molecular flexibility index (Phi) is 6.65. The van der Waals surface area contributed by atoms with Gasteiger partial charge >= 0.3 is 5.97 Å². The van der Waals surface area contributed by atoms with Gasteiger partial charge in [0.15, 0.2) is 0 Å². The molecule has 2 N–H and O–H groups in total. The van der Waals surface area contributed by atoms with E-state index in [0.717, 1.165) is 6.42 Å². The molecular weight excluding hydrogens is 292 g/mol. The zero-order chi connectivity index (χ0) is 15.9. The van der Waals surface area contributed by atoms with Crippen molar-refractivity contribution in [2.24, 2.45) is 0 Å². The van der Waals surface area contributed by atoms with Crippen LogP contribution in [0.3, 0.4) is 0 Å². The molecule has 1 aromatic rings. The summed E-state index contributed by atoms with van der Waals surface area (Å²) in [4.78, 5) is 23.8. The molecule has 0 aliphatic carbocycles. The third-order valence-electron chi connectivity index (χ3n) is 3.17. The molecule has 6 heteroatoms. The summed E-state index contributed by atoms with van der Waals surface area (Å²) in [6.45, 7) is 3.69. The first-order valence-electron chi connectivity index (χ1n) is 6.80. The lowest BCUT2D eigenvalue weighted by molar-refractivity contribution is -0.148. The van der Waals surface area contributed by atoms with Gasteiger partial charge in [0, 0.05) is 0 Å². The molecule has 0 spiro atoms. The van der Waals surface area contributed by atoms with E-state index in [1.165, 1.54) is 7.11 Å². The number of para-hydroxylation sites is 1. The number of amides is 1. The number of hydrogen-bond donors (Lipinski definition) is 2. The Morgan fingerprint density at radius 3 is 2.57 bits per heavy atom. The molecular formula is C15H21ClN2O3. The molecule has 1 aromatic carbocycles. The Balaban J connectivity index is 2.62. The van der Waals surface area contributed by atoms with Crippen LogP contribution >= 0.6 is 11.6 Å². The minimum atomic E-state index is -0.874. The number of esters is 1. The Morgan fingerprint density at radius 2 is 2.00 bits per heavy atom. The van der Waals surface area contributed by atoms with Crippen LogP contribution in [0.2, 0.25) is 5.02 Å². The zero-order valence-corrected chi connectivity index (χ0v) is 13.3. The molecule has 0 saturated carbocycles. The summed E-state index contributed by atoms with van der Waals surface area (Å²) in [5.41, 5.74) is -0.331. The van der Waals surface area contributed by atoms with Gasteiger partial charge in [0.05, 0.1) is 24.4 Å². The topological polar surface area (TPSA) is 67.4 Å². The average molecular weight is 313 g/mol. The predicted molar refractivity (Wildman–Crippen MR) is 83.4 cm³/mol. The van der Waals surface area contributed by atoms with Crippen molar-refractivity contribution in [1.82, 2.24) is 5.32 Å². The highest BCUT2D eigenvalue weighted by atomic mass is 35.5. The minimum Gasteiger partial charge on any atom is -0.468 e. The molecule has 1 amide bonds. The highest BCUT2D eigenvalue weighted by molar-refractivity contribution is 6.33. The smallest absolute Gasteiger partial charge is 0.325 e. The Bertz CT molecular complexity index is 507. The fourth-order valence-corrected chi connectivity index (χ4v) is 2.20. The first kappa shape index (κ1) is 17.5. The van der Waals surface area contributed by atoms with Gasteiger partial charge in [-0.3, -0.25) is 14.9 Å². The lowest BCUT2D eigenvalue weighted by Crippen LogP contribution is -2.52. The first-order chi connectivity index (χ1) is 9.92. The molecule has 1 rings (SSSR count). The lowest BCUT2D eigenvalue weighted by atomic mass is 9.96. The van der Waals surface area contributed by atoms with Gasteiger partial charge in [-0.15, -0.1) is 0 Å². The van der Waals surface area contributed by atoms with Crippen molar-refractivity contribution in [2.45, 2.75) is 32.2 Å². The molecule has 0 fully saturated rings. The van der Waals surface area contributed by atoms with E-state index in [4.69, 9.17) is 16.3 Å². The third kappa shape index (κ3) is 5.02. The van der Waals surface area contributed by atoms with Crippen LogP contribution in [0.4, 0.5) is 5.69 Å². The van der Waals surface area contributed by atoms with Crippen LogP contribution in [-0.2, 0) is 14.3 Å². The van der Waals surface area contributed by atoms with Crippen molar-refractivity contribution in [3.8, 4) is 0 Å². The fourth-order valence-electron chi connectivity index (χ4n) is 2.02. The van der Waals surface area contributed by atoms with Crippen molar-refractivity contribution >= 4 is 29.2 Å². The van der Waals surface area contributed by atoms with Gasteiger partial charge in [-0.05, 0) is 25.5 Å². The number of methoxy groups -OCH3 is 1. The van der Waals surface area contributed by atoms with Crippen molar-refractivity contribution in [3.63, 3.8) is 0 Å². The van der Waals surface area contributed by atoms with Crippen LogP contribution in [-0.4, -0.2) is 31.1 Å². The van der Waals surface area contributed by atoms with E-state index in [2.05, 4.69) is 10.6 Å². The minimum absolute atomic E-state index is 0.00315. The maximum Gasteiger partial charge on any atom is 0.325 e. The van der Waals surface area contributed by atoms with E-state index in [1.54, 1.807) is 31.2 Å². The van der Waals surface area contributed by atoms with Gasteiger partial charge in [0.25, 0.3) is 0 Å². The van der Waals surface area contributed by atoms with E-state index in [1.807, 2.05) is 6.92 Å². The second-order valence-corrected chi connectivity index (χ2v) is 5.36. The SMILES string of the molecule is CCC[C@@](C)(NCC(=O)Nc1ccccc1Cl)C(=O)OC. The number of nitrogens with one attached hydrogen (secondary N) is 2. The monoisotopic (exact) mass is 312 g/mol. The van der Waals surface area contributed by atoms with Crippen LogP contribution in [0.5, 0.6) is 0 Å². The highest BCUT2D eigenvalue weighted by Crippen LogP contribution is 2.20. The largest absolute Gasteiger partial charge is 0.468 e. The maximum absolute atomic E-state index is 11.9. The summed E-state index contributed by atoms with van der Waals surface area (Å²) in [5, 5.41) is 6.12. The summed E-state index contributed by atoms with van der Waals surface area (Å²) in [7, 11) is 1.34. The number of halogens is 1. The highest BCUT2D eigenvalue weighted by Gasteiger charge is 2.33. The maximum atomic E-state index is 11.9. The molecule has 0 bridgehead atoms. The lowest BCUT2D eigenvalue weighted by Gasteiger charge is -2.27. The molecule has 5 nitrogen and oxygen atoms in total. The number of rotatable bonds is 7. The van der Waals surface area contributed by atoms with E-state index < -0.39 is 5.54 Å². The summed E-state index contributed by atoms with van der Waals surface area (Å²) in [6, 6.07) is 6.97. The van der Waals surface area contributed by atoms with Crippen LogP contribution in [0.1, 0.15) is 26.7 Å². The number of carbonyl (C=O) groups excluding carboxylic acids is 2.